The molecular formula is C12H32N2O5. The molecule has 0 aliphatic heterocycles. The summed E-state index contributed by atoms with van der Waals surface area (Å²) in [7, 11) is 10.1. The summed E-state index contributed by atoms with van der Waals surface area (Å²) in [4.78, 5) is 13.8. The van der Waals surface area contributed by atoms with Gasteiger partial charge in [0.25, 0.3) is 0 Å². The Morgan fingerprint density at radius 1 is 1.11 bits per heavy atom. The highest BCUT2D eigenvalue weighted by Crippen LogP contribution is 1.83. The van der Waals surface area contributed by atoms with Crippen LogP contribution in [0.15, 0.2) is 0 Å². The molecule has 0 aliphatic rings. The van der Waals surface area contributed by atoms with E-state index < -0.39 is 6.10 Å². The fourth-order valence-corrected chi connectivity index (χ4v) is 0.400. The minimum absolute atomic E-state index is 0.0185. The minimum atomic E-state index is -0.560. The number of rotatable bonds is 1. The van der Waals surface area contributed by atoms with Gasteiger partial charge in [-0.15, -0.1) is 0 Å². The highest BCUT2D eigenvalue weighted by Gasteiger charge is 2.02. The van der Waals surface area contributed by atoms with Gasteiger partial charge >= 0.3 is 6.03 Å². The third kappa shape index (κ3) is 47.1. The number of urea groups is 1. The van der Waals surface area contributed by atoms with E-state index in [-0.39, 0.29) is 19.2 Å². The molecule has 0 bridgehead atoms. The molecular weight excluding hydrogens is 252 g/mol. The van der Waals surface area contributed by atoms with Crippen molar-refractivity contribution in [3.8, 4) is 0 Å². The van der Waals surface area contributed by atoms with Crippen LogP contribution in [0.2, 0.25) is 0 Å². The van der Waals surface area contributed by atoms with Gasteiger partial charge in [0, 0.05) is 49.0 Å². The second-order valence-corrected chi connectivity index (χ2v) is 3.83. The lowest BCUT2D eigenvalue weighted by Gasteiger charge is -2.16. The van der Waals surface area contributed by atoms with Crippen molar-refractivity contribution in [3.63, 3.8) is 0 Å². The van der Waals surface area contributed by atoms with Gasteiger partial charge in [-0.1, -0.05) is 0 Å². The maximum atomic E-state index is 10.7. The Kier molecular flexibility index (Phi) is 31.3. The molecule has 0 aromatic rings. The number of aliphatic hydroxyl groups excluding tert-OH is 3. The minimum Gasteiger partial charge on any atom is -0.397 e. The van der Waals surface area contributed by atoms with E-state index in [9.17, 15) is 4.79 Å². The first-order valence-electron chi connectivity index (χ1n) is 5.84. The molecule has 19 heavy (non-hydrogen) atoms. The first-order valence-corrected chi connectivity index (χ1v) is 5.84. The van der Waals surface area contributed by atoms with Crippen molar-refractivity contribution in [1.82, 2.24) is 9.80 Å². The van der Waals surface area contributed by atoms with E-state index >= 15 is 0 Å². The van der Waals surface area contributed by atoms with Crippen molar-refractivity contribution < 1.29 is 24.9 Å². The number of amides is 2. The number of ether oxygens (including phenoxy) is 1. The van der Waals surface area contributed by atoms with E-state index in [0.29, 0.717) is 0 Å². The highest BCUT2D eigenvalue weighted by molar-refractivity contribution is 5.72. The molecule has 0 heterocycles. The first-order chi connectivity index (χ1) is 8.65. The van der Waals surface area contributed by atoms with Crippen LogP contribution in [0.5, 0.6) is 0 Å². The van der Waals surface area contributed by atoms with Crippen LogP contribution in [0, 0.1) is 0 Å². The Morgan fingerprint density at radius 2 is 1.26 bits per heavy atom. The highest BCUT2D eigenvalue weighted by atomic mass is 16.4. The van der Waals surface area contributed by atoms with Crippen molar-refractivity contribution in [2.24, 2.45) is 0 Å². The summed E-state index contributed by atoms with van der Waals surface area (Å²) in [6.45, 7) is 3.32. The number of hydrogen-bond donors (Lipinski definition) is 3. The van der Waals surface area contributed by atoms with E-state index in [1.54, 1.807) is 49.3 Å². The Labute approximate surface area is 117 Å². The number of carbonyl (C=O) groups excluding carboxylic acids is 1. The van der Waals surface area contributed by atoms with Crippen molar-refractivity contribution in [1.29, 1.82) is 0 Å². The van der Waals surface area contributed by atoms with Crippen LogP contribution >= 0.6 is 0 Å². The monoisotopic (exact) mass is 284 g/mol. The summed E-state index contributed by atoms with van der Waals surface area (Å²) in [6.07, 6.45) is -0.560. The maximum Gasteiger partial charge on any atom is 0.318 e. The molecule has 1 unspecified atom stereocenters. The van der Waals surface area contributed by atoms with Gasteiger partial charge in [0.05, 0.1) is 12.7 Å². The second kappa shape index (κ2) is 22.3. The van der Waals surface area contributed by atoms with Crippen LogP contribution in [0.3, 0.4) is 0 Å². The van der Waals surface area contributed by atoms with E-state index in [2.05, 4.69) is 4.74 Å². The van der Waals surface area contributed by atoms with Gasteiger partial charge in [-0.25, -0.2) is 4.79 Å². The number of nitrogens with zero attached hydrogens (tertiary/aromatic N) is 2. The molecule has 3 N–H and O–H groups in total. The summed E-state index contributed by atoms with van der Waals surface area (Å²) in [5.74, 6) is 0. The SMILES string of the molecule is CC(O)CO.CCO.CN(C)C(=O)N(C)C.COC. The Hall–Kier alpha value is -0.890. The first kappa shape index (κ1) is 26.6. The van der Waals surface area contributed by atoms with E-state index in [4.69, 9.17) is 15.3 Å². The van der Waals surface area contributed by atoms with Crippen molar-refractivity contribution in [2.45, 2.75) is 20.0 Å². The fraction of sp³-hybridized carbons (Fsp3) is 0.917. The van der Waals surface area contributed by atoms with Gasteiger partial charge in [0.2, 0.25) is 0 Å². The molecule has 2 amide bonds. The van der Waals surface area contributed by atoms with E-state index in [1.807, 2.05) is 0 Å². The normalized spacial score (nSPS) is 9.42. The number of aliphatic hydroxyl groups is 3. The second-order valence-electron chi connectivity index (χ2n) is 3.83. The molecule has 0 aromatic heterocycles. The summed E-state index contributed by atoms with van der Waals surface area (Å²) in [5.41, 5.74) is 0. The van der Waals surface area contributed by atoms with Crippen molar-refractivity contribution >= 4 is 6.03 Å². The van der Waals surface area contributed by atoms with Crippen LogP contribution in [0.1, 0.15) is 13.8 Å². The molecule has 7 heteroatoms. The van der Waals surface area contributed by atoms with Gasteiger partial charge in [0.15, 0.2) is 0 Å². The van der Waals surface area contributed by atoms with E-state index in [1.165, 1.54) is 16.7 Å². The van der Waals surface area contributed by atoms with Gasteiger partial charge in [-0.3, -0.25) is 0 Å². The molecule has 0 spiro atoms. The third-order valence-electron chi connectivity index (χ3n) is 1.03. The lowest BCUT2D eigenvalue weighted by atomic mass is 10.5. The van der Waals surface area contributed by atoms with Gasteiger partial charge in [0.1, 0.15) is 0 Å². The van der Waals surface area contributed by atoms with Gasteiger partial charge in [-0.05, 0) is 13.8 Å². The predicted octanol–water partition coefficient (Wildman–Crippen LogP) is -0.150. The van der Waals surface area contributed by atoms with Crippen LogP contribution in [0.25, 0.3) is 0 Å². The average molecular weight is 284 g/mol. The van der Waals surface area contributed by atoms with Gasteiger partial charge < -0.3 is 29.9 Å². The summed E-state index contributed by atoms with van der Waals surface area (Å²) in [5, 5.41) is 23.6. The van der Waals surface area contributed by atoms with Crippen LogP contribution in [-0.2, 0) is 4.74 Å². The largest absolute Gasteiger partial charge is 0.397 e. The molecule has 0 aromatic carbocycles. The summed E-state index contributed by atoms with van der Waals surface area (Å²) in [6, 6.07) is 0.0185. The number of carbonyl (C=O) groups is 1. The lowest BCUT2D eigenvalue weighted by molar-refractivity contribution is 0.110. The molecule has 0 saturated carbocycles. The zero-order chi connectivity index (χ0) is 16.4. The van der Waals surface area contributed by atoms with Crippen LogP contribution < -0.4 is 0 Å². The Morgan fingerprint density at radius 3 is 1.26 bits per heavy atom. The zero-order valence-corrected chi connectivity index (χ0v) is 13.5. The van der Waals surface area contributed by atoms with Crippen LogP contribution in [-0.4, -0.2) is 92.9 Å². The molecule has 1 atom stereocenters. The molecule has 0 aliphatic carbocycles. The lowest BCUT2D eigenvalue weighted by Crippen LogP contribution is -2.33. The fourth-order valence-electron chi connectivity index (χ4n) is 0.400. The zero-order valence-electron chi connectivity index (χ0n) is 13.5. The van der Waals surface area contributed by atoms with Crippen LogP contribution in [0.4, 0.5) is 4.79 Å². The number of hydrogen-bond acceptors (Lipinski definition) is 5. The quantitative estimate of drug-likeness (QED) is 0.622. The molecule has 7 nitrogen and oxygen atoms in total. The molecule has 0 fully saturated rings. The standard InChI is InChI=1S/C5H12N2O.C3H8O2.2C2H6O/c1-6(2)5(8)7(3)4;1-3(5)2-4;1-3-2;1-2-3/h1-4H3;3-5H,2H2,1H3;1-2H3;3H,2H2,1H3. The molecule has 0 rings (SSSR count). The summed E-state index contributed by atoms with van der Waals surface area (Å²) >= 11 is 0. The Balaban J connectivity index is -0.0000000879. The topological polar surface area (TPSA) is 93.5 Å². The van der Waals surface area contributed by atoms with E-state index in [0.717, 1.165) is 0 Å². The van der Waals surface area contributed by atoms with Crippen molar-refractivity contribution in [3.05, 3.63) is 0 Å². The average Bonchev–Trinajstić information content (AvgIpc) is 2.30. The predicted molar refractivity (Wildman–Crippen MR) is 77.2 cm³/mol. The summed E-state index contributed by atoms with van der Waals surface area (Å²) < 4.78 is 4.25. The molecule has 120 valence electrons. The third-order valence-corrected chi connectivity index (χ3v) is 1.03. The Bertz CT molecular complexity index is 152. The molecule has 0 radical (unpaired) electrons. The molecule has 0 saturated heterocycles. The van der Waals surface area contributed by atoms with Crippen molar-refractivity contribution in [2.75, 3.05) is 55.6 Å². The maximum absolute atomic E-state index is 10.7. The smallest absolute Gasteiger partial charge is 0.318 e. The van der Waals surface area contributed by atoms with Gasteiger partial charge in [-0.2, -0.15) is 0 Å². The number of methoxy groups -OCH3 is 1.